The Morgan fingerprint density at radius 1 is 0.850 bits per heavy atom. The molecule has 4 aliphatic heterocycles. The van der Waals surface area contributed by atoms with E-state index in [0.29, 0.717) is 32.7 Å². The van der Waals surface area contributed by atoms with Gasteiger partial charge in [0.25, 0.3) is 0 Å². The predicted octanol–water partition coefficient (Wildman–Crippen LogP) is 3.31. The first-order valence-electron chi connectivity index (χ1n) is 14.9. The number of benzene rings is 1. The molecule has 8 heteroatoms. The van der Waals surface area contributed by atoms with E-state index < -0.39 is 29.1 Å². The number of fused-ring (bicyclic) bond motifs is 2. The fourth-order valence-corrected chi connectivity index (χ4v) is 7.10. The summed E-state index contributed by atoms with van der Waals surface area (Å²) in [5.74, 6) is -1.88. The molecule has 1 spiro atoms. The number of ether oxygens (including phenoxy) is 1. The van der Waals surface area contributed by atoms with Gasteiger partial charge in [0.2, 0.25) is 17.7 Å². The van der Waals surface area contributed by atoms with E-state index in [4.69, 9.17) is 9.84 Å². The first-order valence-corrected chi connectivity index (χ1v) is 14.9. The lowest BCUT2D eigenvalue weighted by molar-refractivity contribution is -0.153. The lowest BCUT2D eigenvalue weighted by atomic mass is 9.74. The molecule has 1 aromatic carbocycles. The van der Waals surface area contributed by atoms with E-state index in [-0.39, 0.29) is 24.3 Å². The molecule has 0 saturated carbocycles. The normalized spacial score (nSPS) is 31.3. The van der Waals surface area contributed by atoms with E-state index in [9.17, 15) is 14.4 Å². The van der Waals surface area contributed by atoms with Gasteiger partial charge in [-0.2, -0.15) is 0 Å². The van der Waals surface area contributed by atoms with Crippen LogP contribution in [0.3, 0.4) is 0 Å². The standard InChI is InChI=1S/C32H43N3O5/c1-3-4-18-33-19-13-17-32-26(29(38)35(27(32)30(33)39)21-10-5-6-11-22-36)25-28(37)34(20-12-16-31(25,2)40-32)23-24-14-8-7-9-15-24/h7-9,12-17,25-27,36H,3-6,10-11,18-23H2,1-2H3/t25-,26-,27?,31+,32-/m0/s1. The largest absolute Gasteiger partial charge is 0.396 e. The SMILES string of the molecule is CCCCN1CC=C[C@]23O[C@]4(C)C=CCN(Cc5ccccc5)C(=O)[C@@H]4[C@H]2C(=O)N(CCCCCCO)C3C1=O. The van der Waals surface area contributed by atoms with Crippen LogP contribution in [-0.2, 0) is 25.7 Å². The third kappa shape index (κ3) is 5.00. The summed E-state index contributed by atoms with van der Waals surface area (Å²) in [5, 5.41) is 9.16. The Hall–Kier alpha value is -2.97. The van der Waals surface area contributed by atoms with Crippen LogP contribution in [0.1, 0.15) is 57.9 Å². The summed E-state index contributed by atoms with van der Waals surface area (Å²) < 4.78 is 6.90. The predicted molar refractivity (Wildman–Crippen MR) is 152 cm³/mol. The van der Waals surface area contributed by atoms with Crippen molar-refractivity contribution < 1.29 is 24.2 Å². The monoisotopic (exact) mass is 549 g/mol. The second-order valence-electron chi connectivity index (χ2n) is 11.8. The molecule has 1 unspecified atom stereocenters. The van der Waals surface area contributed by atoms with Crippen molar-refractivity contribution in [3.8, 4) is 0 Å². The topological polar surface area (TPSA) is 90.4 Å². The molecule has 0 radical (unpaired) electrons. The zero-order chi connectivity index (χ0) is 28.3. The molecule has 2 fully saturated rings. The second-order valence-corrected chi connectivity index (χ2v) is 11.8. The van der Waals surface area contributed by atoms with Gasteiger partial charge in [-0.1, -0.05) is 80.8 Å². The molecule has 1 N–H and O–H groups in total. The average molecular weight is 550 g/mol. The minimum Gasteiger partial charge on any atom is -0.396 e. The van der Waals surface area contributed by atoms with E-state index in [1.807, 2.05) is 66.5 Å². The fourth-order valence-electron chi connectivity index (χ4n) is 7.10. The molecule has 216 valence electrons. The Morgan fingerprint density at radius 3 is 2.33 bits per heavy atom. The molecule has 0 aliphatic carbocycles. The summed E-state index contributed by atoms with van der Waals surface area (Å²) in [4.78, 5) is 48.2. The number of nitrogens with zero attached hydrogens (tertiary/aromatic N) is 3. The Bertz CT molecular complexity index is 1150. The summed E-state index contributed by atoms with van der Waals surface area (Å²) in [5.41, 5.74) is -1.18. The van der Waals surface area contributed by atoms with E-state index in [2.05, 4.69) is 6.92 Å². The first-order chi connectivity index (χ1) is 19.4. The highest BCUT2D eigenvalue weighted by Gasteiger charge is 2.74. The van der Waals surface area contributed by atoms with Crippen LogP contribution >= 0.6 is 0 Å². The number of hydrogen-bond acceptors (Lipinski definition) is 5. The molecule has 0 aromatic heterocycles. The van der Waals surface area contributed by atoms with Gasteiger partial charge in [0.1, 0.15) is 11.6 Å². The van der Waals surface area contributed by atoms with E-state index in [0.717, 1.165) is 44.1 Å². The highest BCUT2D eigenvalue weighted by molar-refractivity contribution is 6.00. The van der Waals surface area contributed by atoms with E-state index >= 15 is 0 Å². The summed E-state index contributed by atoms with van der Waals surface area (Å²) in [6, 6.07) is 9.07. The molecule has 8 nitrogen and oxygen atoms in total. The smallest absolute Gasteiger partial charge is 0.249 e. The summed E-state index contributed by atoms with van der Waals surface area (Å²) >= 11 is 0. The Kier molecular flexibility index (Phi) is 8.47. The van der Waals surface area contributed by atoms with Crippen molar-refractivity contribution in [3.63, 3.8) is 0 Å². The minimum atomic E-state index is -1.20. The van der Waals surface area contributed by atoms with Gasteiger partial charge in [0.05, 0.1) is 17.4 Å². The zero-order valence-corrected chi connectivity index (χ0v) is 23.8. The molecule has 3 amide bonds. The maximum Gasteiger partial charge on any atom is 0.249 e. The first kappa shape index (κ1) is 28.6. The van der Waals surface area contributed by atoms with Crippen molar-refractivity contribution in [2.24, 2.45) is 11.8 Å². The van der Waals surface area contributed by atoms with Gasteiger partial charge in [0.15, 0.2) is 0 Å². The van der Waals surface area contributed by atoms with Gasteiger partial charge >= 0.3 is 0 Å². The van der Waals surface area contributed by atoms with Crippen LogP contribution in [0.4, 0.5) is 0 Å². The number of amides is 3. The average Bonchev–Trinajstić information content (AvgIpc) is 3.22. The second kappa shape index (κ2) is 11.9. The van der Waals surface area contributed by atoms with Crippen molar-refractivity contribution in [2.75, 3.05) is 32.8 Å². The van der Waals surface area contributed by atoms with Gasteiger partial charge in [-0.15, -0.1) is 0 Å². The van der Waals surface area contributed by atoms with Crippen LogP contribution in [-0.4, -0.2) is 87.6 Å². The molecular weight excluding hydrogens is 506 g/mol. The van der Waals surface area contributed by atoms with E-state index in [1.165, 1.54) is 0 Å². The van der Waals surface area contributed by atoms with Crippen molar-refractivity contribution in [1.82, 2.24) is 14.7 Å². The van der Waals surface area contributed by atoms with Crippen LogP contribution in [0.25, 0.3) is 0 Å². The van der Waals surface area contributed by atoms with Crippen LogP contribution in [0.15, 0.2) is 54.6 Å². The minimum absolute atomic E-state index is 0.0951. The van der Waals surface area contributed by atoms with Gasteiger partial charge in [-0.05, 0) is 31.7 Å². The van der Waals surface area contributed by atoms with Crippen LogP contribution in [0.2, 0.25) is 0 Å². The molecule has 0 bridgehead atoms. The molecule has 4 aliphatic rings. The number of likely N-dealkylation sites (tertiary alicyclic amines) is 1. The molecule has 1 aromatic rings. The van der Waals surface area contributed by atoms with Crippen LogP contribution < -0.4 is 0 Å². The summed E-state index contributed by atoms with van der Waals surface area (Å²) in [7, 11) is 0. The third-order valence-corrected chi connectivity index (χ3v) is 9.03. The molecule has 4 heterocycles. The molecule has 5 rings (SSSR count). The van der Waals surface area contributed by atoms with Crippen molar-refractivity contribution in [3.05, 3.63) is 60.2 Å². The van der Waals surface area contributed by atoms with Gasteiger partial charge in [-0.3, -0.25) is 14.4 Å². The maximum atomic E-state index is 14.4. The number of aliphatic hydroxyl groups is 1. The number of carbonyl (C=O) groups excluding carboxylic acids is 3. The maximum absolute atomic E-state index is 14.4. The van der Waals surface area contributed by atoms with Crippen LogP contribution in [0.5, 0.6) is 0 Å². The molecule has 40 heavy (non-hydrogen) atoms. The Balaban J connectivity index is 1.50. The van der Waals surface area contributed by atoms with E-state index in [1.54, 1.807) is 9.80 Å². The zero-order valence-electron chi connectivity index (χ0n) is 23.8. The Morgan fingerprint density at radius 2 is 1.57 bits per heavy atom. The molecule has 5 atom stereocenters. The number of hydrogen-bond donors (Lipinski definition) is 1. The van der Waals surface area contributed by atoms with Gasteiger partial charge < -0.3 is 24.5 Å². The molecule has 2 saturated heterocycles. The van der Waals surface area contributed by atoms with Crippen molar-refractivity contribution >= 4 is 17.7 Å². The number of unbranched alkanes of at least 4 members (excludes halogenated alkanes) is 4. The van der Waals surface area contributed by atoms with Crippen molar-refractivity contribution in [1.29, 1.82) is 0 Å². The summed E-state index contributed by atoms with van der Waals surface area (Å²) in [6.45, 7) is 6.55. The Labute approximate surface area is 237 Å². The van der Waals surface area contributed by atoms with Gasteiger partial charge in [0, 0.05) is 39.3 Å². The quantitative estimate of drug-likeness (QED) is 0.338. The lowest BCUT2D eigenvalue weighted by Crippen LogP contribution is -2.56. The summed E-state index contributed by atoms with van der Waals surface area (Å²) in [6.07, 6.45) is 12.8. The van der Waals surface area contributed by atoms with Crippen molar-refractivity contribution in [2.45, 2.75) is 76.2 Å². The number of carbonyl (C=O) groups is 3. The number of aliphatic hydroxyl groups excluding tert-OH is 1. The fraction of sp³-hybridized carbons (Fsp3) is 0.594. The third-order valence-electron chi connectivity index (χ3n) is 9.03. The van der Waals surface area contributed by atoms with Gasteiger partial charge in [-0.25, -0.2) is 0 Å². The highest BCUT2D eigenvalue weighted by Crippen LogP contribution is 2.57. The molecular formula is C32H43N3O5. The van der Waals surface area contributed by atoms with Crippen LogP contribution in [0, 0.1) is 11.8 Å². The number of rotatable bonds is 11. The highest BCUT2D eigenvalue weighted by atomic mass is 16.5. The lowest BCUT2D eigenvalue weighted by Gasteiger charge is -2.37.